The van der Waals surface area contributed by atoms with Crippen molar-refractivity contribution in [2.75, 3.05) is 13.2 Å². The van der Waals surface area contributed by atoms with Gasteiger partial charge in [0, 0.05) is 12.6 Å². The van der Waals surface area contributed by atoms with Crippen molar-refractivity contribution in [1.29, 1.82) is 0 Å². The van der Waals surface area contributed by atoms with E-state index in [4.69, 9.17) is 45.3 Å². The van der Waals surface area contributed by atoms with Gasteiger partial charge in [0.2, 0.25) is 0 Å². The smallest absolute Gasteiger partial charge is 0.139 e. The van der Waals surface area contributed by atoms with Gasteiger partial charge >= 0.3 is 0 Å². The van der Waals surface area contributed by atoms with Crippen LogP contribution in [0.25, 0.3) is 0 Å². The average molecular weight is 241 g/mol. The number of benzene rings is 1. The molecule has 2 N–H and O–H groups in total. The van der Waals surface area contributed by atoms with Gasteiger partial charge in [-0.3, -0.25) is 0 Å². The molecule has 0 heterocycles. The third-order valence-electron chi connectivity index (χ3n) is 1.35. The van der Waals surface area contributed by atoms with E-state index in [2.05, 4.69) is 0 Å². The Labute approximate surface area is 91.5 Å². The predicted molar refractivity (Wildman–Crippen MR) is 56.0 cm³/mol. The van der Waals surface area contributed by atoms with Crippen molar-refractivity contribution in [3.63, 3.8) is 0 Å². The van der Waals surface area contributed by atoms with Gasteiger partial charge in [0.15, 0.2) is 0 Å². The molecular weight excluding hydrogens is 232 g/mol. The Bertz CT molecular complexity index is 304. The van der Waals surface area contributed by atoms with Gasteiger partial charge < -0.3 is 10.5 Å². The maximum absolute atomic E-state index is 5.83. The Morgan fingerprint density at radius 2 is 1.69 bits per heavy atom. The van der Waals surface area contributed by atoms with Crippen LogP contribution in [0.4, 0.5) is 0 Å². The molecule has 0 aromatic heterocycles. The molecule has 0 radical (unpaired) electrons. The summed E-state index contributed by atoms with van der Waals surface area (Å²) in [5.41, 5.74) is 5.27. The van der Waals surface area contributed by atoms with E-state index in [1.54, 1.807) is 6.07 Å². The molecule has 0 spiro atoms. The van der Waals surface area contributed by atoms with E-state index in [0.717, 1.165) is 0 Å². The second-order valence-electron chi connectivity index (χ2n) is 2.33. The van der Waals surface area contributed by atoms with Crippen LogP contribution in [-0.2, 0) is 0 Å². The fourth-order valence-electron chi connectivity index (χ4n) is 0.784. The lowest BCUT2D eigenvalue weighted by atomic mass is 10.3. The third-order valence-corrected chi connectivity index (χ3v) is 2.37. The summed E-state index contributed by atoms with van der Waals surface area (Å²) < 4.78 is 5.22. The van der Waals surface area contributed by atoms with Gasteiger partial charge in [0.25, 0.3) is 0 Å². The summed E-state index contributed by atoms with van der Waals surface area (Å²) in [4.78, 5) is 0. The summed E-state index contributed by atoms with van der Waals surface area (Å²) in [7, 11) is 0. The molecule has 0 aliphatic heterocycles. The largest absolute Gasteiger partial charge is 0.491 e. The van der Waals surface area contributed by atoms with Gasteiger partial charge in [-0.15, -0.1) is 0 Å². The molecule has 0 atom stereocenters. The number of hydrogen-bond acceptors (Lipinski definition) is 2. The molecule has 5 heteroatoms. The molecule has 1 rings (SSSR count). The van der Waals surface area contributed by atoms with Crippen molar-refractivity contribution in [1.82, 2.24) is 0 Å². The second-order valence-corrected chi connectivity index (χ2v) is 3.56. The van der Waals surface area contributed by atoms with E-state index in [-0.39, 0.29) is 0 Å². The summed E-state index contributed by atoms with van der Waals surface area (Å²) in [6.07, 6.45) is 0. The van der Waals surface area contributed by atoms with Crippen molar-refractivity contribution in [3.05, 3.63) is 27.2 Å². The van der Waals surface area contributed by atoms with Crippen molar-refractivity contribution in [2.24, 2.45) is 5.73 Å². The number of ether oxygens (including phenoxy) is 1. The Hall–Kier alpha value is -0.150. The molecular formula is C8H8Cl3NO. The van der Waals surface area contributed by atoms with Crippen molar-refractivity contribution in [2.45, 2.75) is 0 Å². The second kappa shape index (κ2) is 4.91. The number of halogens is 3. The first-order valence-electron chi connectivity index (χ1n) is 3.62. The molecule has 0 amide bonds. The summed E-state index contributed by atoms with van der Waals surface area (Å²) in [6.45, 7) is 0.828. The van der Waals surface area contributed by atoms with E-state index >= 15 is 0 Å². The first-order chi connectivity index (χ1) is 6.15. The first-order valence-corrected chi connectivity index (χ1v) is 4.76. The highest BCUT2D eigenvalue weighted by Crippen LogP contribution is 2.33. The summed E-state index contributed by atoms with van der Waals surface area (Å²) in [5.74, 6) is 0.501. The zero-order chi connectivity index (χ0) is 9.84. The fourth-order valence-corrected chi connectivity index (χ4v) is 1.38. The molecule has 0 aliphatic carbocycles. The van der Waals surface area contributed by atoms with Crippen molar-refractivity contribution < 1.29 is 4.74 Å². The minimum Gasteiger partial charge on any atom is -0.491 e. The maximum Gasteiger partial charge on any atom is 0.139 e. The molecule has 0 unspecified atom stereocenters. The quantitative estimate of drug-likeness (QED) is 0.825. The highest BCUT2D eigenvalue weighted by atomic mass is 35.5. The van der Waals surface area contributed by atoms with Crippen LogP contribution >= 0.6 is 34.8 Å². The lowest BCUT2D eigenvalue weighted by molar-refractivity contribution is 0.328. The van der Waals surface area contributed by atoms with E-state index in [0.29, 0.717) is 34.0 Å². The summed E-state index contributed by atoms with van der Waals surface area (Å²) in [6, 6.07) is 3.11. The van der Waals surface area contributed by atoms with E-state index in [9.17, 15) is 0 Å². The molecule has 0 fully saturated rings. The minimum atomic E-state index is 0.400. The van der Waals surface area contributed by atoms with Crippen molar-refractivity contribution in [3.8, 4) is 5.75 Å². The van der Waals surface area contributed by atoms with Crippen LogP contribution in [0.1, 0.15) is 0 Å². The molecule has 0 bridgehead atoms. The van der Waals surface area contributed by atoms with Crippen molar-refractivity contribution >= 4 is 34.8 Å². The van der Waals surface area contributed by atoms with E-state index in [1.807, 2.05) is 0 Å². The molecule has 0 saturated carbocycles. The topological polar surface area (TPSA) is 35.2 Å². The molecule has 1 aromatic carbocycles. The third kappa shape index (κ3) is 2.92. The lowest BCUT2D eigenvalue weighted by Gasteiger charge is -2.07. The molecule has 0 aliphatic rings. The Morgan fingerprint density at radius 3 is 2.31 bits per heavy atom. The highest BCUT2D eigenvalue weighted by Gasteiger charge is 2.06. The Balaban J connectivity index is 2.88. The number of hydrogen-bond donors (Lipinski definition) is 1. The fraction of sp³-hybridized carbons (Fsp3) is 0.250. The van der Waals surface area contributed by atoms with Gasteiger partial charge in [-0.2, -0.15) is 0 Å². The first kappa shape index (κ1) is 10.9. The summed E-state index contributed by atoms with van der Waals surface area (Å²) >= 11 is 17.3. The van der Waals surface area contributed by atoms with Crippen LogP contribution in [0.3, 0.4) is 0 Å². The van der Waals surface area contributed by atoms with Gasteiger partial charge in [-0.05, 0) is 6.07 Å². The van der Waals surface area contributed by atoms with E-state index in [1.165, 1.54) is 6.07 Å². The zero-order valence-electron chi connectivity index (χ0n) is 6.69. The Kier molecular flexibility index (Phi) is 4.13. The molecule has 2 nitrogen and oxygen atoms in total. The normalized spacial score (nSPS) is 10.2. The van der Waals surface area contributed by atoms with Crippen LogP contribution < -0.4 is 10.5 Å². The van der Waals surface area contributed by atoms with E-state index < -0.39 is 0 Å². The summed E-state index contributed by atoms with van der Waals surface area (Å²) in [5, 5.41) is 1.26. The van der Waals surface area contributed by atoms with Gasteiger partial charge in [0.1, 0.15) is 12.4 Å². The Morgan fingerprint density at radius 1 is 1.08 bits per heavy atom. The van der Waals surface area contributed by atoms with Gasteiger partial charge in [-0.25, -0.2) is 0 Å². The van der Waals surface area contributed by atoms with Crippen LogP contribution in [0.15, 0.2) is 12.1 Å². The highest BCUT2D eigenvalue weighted by molar-refractivity contribution is 6.43. The lowest BCUT2D eigenvalue weighted by Crippen LogP contribution is -2.10. The SMILES string of the molecule is NCCOc1cc(Cl)c(Cl)cc1Cl. The standard InChI is InChI=1S/C8H8Cl3NO/c9-5-3-7(11)8(4-6(5)10)13-2-1-12/h3-4H,1-2,12H2. The minimum absolute atomic E-state index is 0.400. The average Bonchev–Trinajstić information content (AvgIpc) is 2.09. The molecule has 1 aromatic rings. The van der Waals surface area contributed by atoms with Crippen LogP contribution in [-0.4, -0.2) is 13.2 Å². The number of rotatable bonds is 3. The maximum atomic E-state index is 5.83. The molecule has 72 valence electrons. The predicted octanol–water partition coefficient (Wildman–Crippen LogP) is 2.98. The number of nitrogens with two attached hydrogens (primary N) is 1. The zero-order valence-corrected chi connectivity index (χ0v) is 8.96. The molecule has 13 heavy (non-hydrogen) atoms. The monoisotopic (exact) mass is 239 g/mol. The molecule has 0 saturated heterocycles. The van der Waals surface area contributed by atoms with Crippen LogP contribution in [0, 0.1) is 0 Å². The van der Waals surface area contributed by atoms with Crippen LogP contribution in [0.5, 0.6) is 5.75 Å². The van der Waals surface area contributed by atoms with Gasteiger partial charge in [0.05, 0.1) is 15.1 Å². The van der Waals surface area contributed by atoms with Crippen LogP contribution in [0.2, 0.25) is 15.1 Å². The van der Waals surface area contributed by atoms with Gasteiger partial charge in [-0.1, -0.05) is 34.8 Å².